The van der Waals surface area contributed by atoms with Gasteiger partial charge in [-0.25, -0.2) is 4.98 Å². The third-order valence-corrected chi connectivity index (χ3v) is 5.04. The van der Waals surface area contributed by atoms with Crippen molar-refractivity contribution in [2.45, 2.75) is 18.9 Å². The molecule has 1 saturated heterocycles. The standard InChI is InChI=1S/C22H26ClN5O.HI/c1-3-15-29-19-8-6-17(7-9-19)10-13-26-22(24-2)27-18-11-14-28(16-18)21-20(23)5-4-12-25-21;/h1,4-9,12,18H,10-11,13-16H2,2H3,(H2,24,26,27);1H. The van der Waals surface area contributed by atoms with Crippen LogP contribution in [0.25, 0.3) is 0 Å². The van der Waals surface area contributed by atoms with Crippen LogP contribution in [0.1, 0.15) is 12.0 Å². The molecule has 1 aromatic carbocycles. The predicted molar refractivity (Wildman–Crippen MR) is 134 cm³/mol. The summed E-state index contributed by atoms with van der Waals surface area (Å²) < 4.78 is 5.40. The summed E-state index contributed by atoms with van der Waals surface area (Å²) in [5, 5.41) is 7.56. The van der Waals surface area contributed by atoms with E-state index >= 15 is 0 Å². The normalized spacial score (nSPS) is 15.8. The first-order valence-corrected chi connectivity index (χ1v) is 10.0. The second-order valence-corrected chi connectivity index (χ2v) is 7.18. The lowest BCUT2D eigenvalue weighted by Gasteiger charge is -2.20. The molecule has 1 unspecified atom stereocenters. The number of terminal acetylenes is 1. The smallest absolute Gasteiger partial charge is 0.191 e. The van der Waals surface area contributed by atoms with Gasteiger partial charge in [-0.05, 0) is 42.7 Å². The number of halogens is 2. The van der Waals surface area contributed by atoms with Crippen LogP contribution in [-0.4, -0.2) is 50.3 Å². The Morgan fingerprint density at radius 3 is 2.87 bits per heavy atom. The van der Waals surface area contributed by atoms with E-state index in [1.54, 1.807) is 13.2 Å². The van der Waals surface area contributed by atoms with E-state index in [1.807, 2.05) is 24.3 Å². The molecule has 1 aromatic heterocycles. The second kappa shape index (κ2) is 12.5. The number of anilines is 1. The van der Waals surface area contributed by atoms with Gasteiger partial charge in [0.05, 0.1) is 5.02 Å². The summed E-state index contributed by atoms with van der Waals surface area (Å²) in [5.41, 5.74) is 1.22. The molecule has 30 heavy (non-hydrogen) atoms. The fourth-order valence-electron chi connectivity index (χ4n) is 3.27. The van der Waals surface area contributed by atoms with Crippen LogP contribution in [0.2, 0.25) is 5.02 Å². The SMILES string of the molecule is C#CCOc1ccc(CCNC(=NC)NC2CCN(c3ncccc3Cl)C2)cc1.I. The molecular formula is C22H27ClIN5O. The second-order valence-electron chi connectivity index (χ2n) is 6.77. The summed E-state index contributed by atoms with van der Waals surface area (Å²) in [4.78, 5) is 10.9. The lowest BCUT2D eigenvalue weighted by molar-refractivity contribution is 0.370. The minimum atomic E-state index is 0. The maximum absolute atomic E-state index is 6.27. The number of aliphatic imine (C=N–C) groups is 1. The molecule has 0 amide bonds. The Labute approximate surface area is 200 Å². The quantitative estimate of drug-likeness (QED) is 0.245. The molecular weight excluding hydrogens is 513 g/mol. The molecule has 1 aliphatic rings. The molecule has 2 aromatic rings. The first-order chi connectivity index (χ1) is 14.2. The number of nitrogens with zero attached hydrogens (tertiary/aromatic N) is 3. The van der Waals surface area contributed by atoms with Crippen LogP contribution in [0.3, 0.4) is 0 Å². The van der Waals surface area contributed by atoms with Gasteiger partial charge in [0.25, 0.3) is 0 Å². The minimum absolute atomic E-state index is 0. The zero-order valence-corrected chi connectivity index (χ0v) is 20.1. The lowest BCUT2D eigenvalue weighted by Crippen LogP contribution is -2.45. The predicted octanol–water partition coefficient (Wildman–Crippen LogP) is 3.35. The molecule has 2 heterocycles. The van der Waals surface area contributed by atoms with Crippen molar-refractivity contribution in [3.8, 4) is 18.1 Å². The number of guanidine groups is 1. The van der Waals surface area contributed by atoms with Crippen molar-refractivity contribution in [2.24, 2.45) is 4.99 Å². The van der Waals surface area contributed by atoms with Crippen LogP contribution in [0.4, 0.5) is 5.82 Å². The van der Waals surface area contributed by atoms with E-state index in [0.717, 1.165) is 50.0 Å². The molecule has 160 valence electrons. The molecule has 8 heteroatoms. The van der Waals surface area contributed by atoms with Crippen LogP contribution in [0.5, 0.6) is 5.75 Å². The van der Waals surface area contributed by atoms with Gasteiger partial charge in [0, 0.05) is 38.9 Å². The summed E-state index contributed by atoms with van der Waals surface area (Å²) in [6.45, 7) is 2.83. The average Bonchev–Trinajstić information content (AvgIpc) is 3.21. The molecule has 0 bridgehead atoms. The Morgan fingerprint density at radius 2 is 2.17 bits per heavy atom. The number of rotatable bonds is 7. The molecule has 3 rings (SSSR count). The molecule has 1 atom stereocenters. The summed E-state index contributed by atoms with van der Waals surface area (Å²) in [5.74, 6) is 4.90. The summed E-state index contributed by atoms with van der Waals surface area (Å²) in [6, 6.07) is 12.0. The van der Waals surface area contributed by atoms with E-state index in [0.29, 0.717) is 11.1 Å². The monoisotopic (exact) mass is 539 g/mol. The molecule has 0 spiro atoms. The Balaban J connectivity index is 0.00000320. The van der Waals surface area contributed by atoms with Gasteiger partial charge in [-0.15, -0.1) is 30.4 Å². The number of hydrogen-bond donors (Lipinski definition) is 2. The maximum Gasteiger partial charge on any atom is 0.191 e. The average molecular weight is 540 g/mol. The van der Waals surface area contributed by atoms with E-state index in [-0.39, 0.29) is 30.6 Å². The van der Waals surface area contributed by atoms with Crippen molar-refractivity contribution in [1.29, 1.82) is 0 Å². The van der Waals surface area contributed by atoms with Gasteiger partial charge in [-0.2, -0.15) is 0 Å². The van der Waals surface area contributed by atoms with Gasteiger partial charge in [0.1, 0.15) is 18.2 Å². The Kier molecular flexibility index (Phi) is 10.0. The summed E-state index contributed by atoms with van der Waals surface area (Å²) in [6.07, 6.45) is 8.87. The topological polar surface area (TPSA) is 61.8 Å². The molecule has 0 saturated carbocycles. The van der Waals surface area contributed by atoms with E-state index in [1.165, 1.54) is 5.56 Å². The van der Waals surface area contributed by atoms with Crippen molar-refractivity contribution < 1.29 is 4.74 Å². The van der Waals surface area contributed by atoms with Crippen LogP contribution >= 0.6 is 35.6 Å². The third-order valence-electron chi connectivity index (χ3n) is 4.74. The van der Waals surface area contributed by atoms with Gasteiger partial charge in [-0.3, -0.25) is 4.99 Å². The molecule has 1 aliphatic heterocycles. The Bertz CT molecular complexity index is 869. The van der Waals surface area contributed by atoms with E-state index in [9.17, 15) is 0 Å². The van der Waals surface area contributed by atoms with E-state index < -0.39 is 0 Å². The van der Waals surface area contributed by atoms with Crippen LogP contribution < -0.4 is 20.3 Å². The zero-order valence-electron chi connectivity index (χ0n) is 17.0. The largest absolute Gasteiger partial charge is 0.481 e. The van der Waals surface area contributed by atoms with Gasteiger partial charge in [0.2, 0.25) is 0 Å². The molecule has 0 radical (unpaired) electrons. The van der Waals surface area contributed by atoms with Crippen LogP contribution in [0, 0.1) is 12.3 Å². The Hall–Kier alpha value is -2.18. The molecule has 2 N–H and O–H groups in total. The highest BCUT2D eigenvalue weighted by atomic mass is 127. The number of pyridine rings is 1. The number of hydrogen-bond acceptors (Lipinski definition) is 4. The Morgan fingerprint density at radius 1 is 1.37 bits per heavy atom. The zero-order chi connectivity index (χ0) is 20.5. The maximum atomic E-state index is 6.27. The fraction of sp³-hybridized carbons (Fsp3) is 0.364. The fourth-order valence-corrected chi connectivity index (χ4v) is 3.51. The summed E-state index contributed by atoms with van der Waals surface area (Å²) >= 11 is 6.27. The number of nitrogens with one attached hydrogen (secondary N) is 2. The van der Waals surface area contributed by atoms with Gasteiger partial charge >= 0.3 is 0 Å². The number of aromatic nitrogens is 1. The van der Waals surface area contributed by atoms with E-state index in [4.69, 9.17) is 22.8 Å². The first kappa shape index (κ1) is 24.1. The molecule has 1 fully saturated rings. The van der Waals surface area contributed by atoms with Crippen molar-refractivity contribution >= 4 is 47.4 Å². The van der Waals surface area contributed by atoms with Crippen LogP contribution in [-0.2, 0) is 6.42 Å². The van der Waals surface area contributed by atoms with Gasteiger partial charge < -0.3 is 20.3 Å². The highest BCUT2D eigenvalue weighted by Gasteiger charge is 2.25. The highest BCUT2D eigenvalue weighted by Crippen LogP contribution is 2.25. The number of benzene rings is 1. The van der Waals surface area contributed by atoms with Crippen molar-refractivity contribution in [3.63, 3.8) is 0 Å². The summed E-state index contributed by atoms with van der Waals surface area (Å²) in [7, 11) is 1.79. The lowest BCUT2D eigenvalue weighted by atomic mass is 10.1. The van der Waals surface area contributed by atoms with Crippen LogP contribution in [0.15, 0.2) is 47.6 Å². The third kappa shape index (κ3) is 6.96. The van der Waals surface area contributed by atoms with Crippen molar-refractivity contribution in [3.05, 3.63) is 53.2 Å². The highest BCUT2D eigenvalue weighted by molar-refractivity contribution is 14.0. The molecule has 6 nitrogen and oxygen atoms in total. The van der Waals surface area contributed by atoms with E-state index in [2.05, 4.69) is 43.6 Å². The first-order valence-electron chi connectivity index (χ1n) is 9.67. The van der Waals surface area contributed by atoms with Crippen molar-refractivity contribution in [2.75, 3.05) is 38.2 Å². The van der Waals surface area contributed by atoms with Gasteiger partial charge in [0.15, 0.2) is 5.96 Å². The van der Waals surface area contributed by atoms with Gasteiger partial charge in [-0.1, -0.05) is 29.7 Å². The van der Waals surface area contributed by atoms with Crippen molar-refractivity contribution in [1.82, 2.24) is 15.6 Å². The minimum Gasteiger partial charge on any atom is -0.481 e. The molecule has 0 aliphatic carbocycles. The number of ether oxygens (including phenoxy) is 1.